The summed E-state index contributed by atoms with van der Waals surface area (Å²) in [6, 6.07) is 8.58. The number of carbonyl (C=O) groups excluding carboxylic acids is 3. The Bertz CT molecular complexity index is 761. The highest BCUT2D eigenvalue weighted by Crippen LogP contribution is 2.30. The third-order valence-electron chi connectivity index (χ3n) is 5.42. The Labute approximate surface area is 168 Å². The molecular formula is C19H25N5O5. The van der Waals surface area contributed by atoms with Crippen LogP contribution in [0, 0.1) is 0 Å². The van der Waals surface area contributed by atoms with Crippen molar-refractivity contribution in [2.45, 2.75) is 31.5 Å². The van der Waals surface area contributed by atoms with Gasteiger partial charge in [0.1, 0.15) is 12.6 Å². The highest BCUT2D eigenvalue weighted by molar-refractivity contribution is 5.88. The number of nitrogens with one attached hydrogen (secondary N) is 2. The predicted molar refractivity (Wildman–Crippen MR) is 101 cm³/mol. The van der Waals surface area contributed by atoms with Gasteiger partial charge in [-0.1, -0.05) is 30.3 Å². The van der Waals surface area contributed by atoms with Crippen LogP contribution in [0.2, 0.25) is 0 Å². The molecule has 10 nitrogen and oxygen atoms in total. The minimum Gasteiger partial charge on any atom is -0.336 e. The van der Waals surface area contributed by atoms with Gasteiger partial charge in [-0.3, -0.25) is 14.5 Å². The largest absolute Gasteiger partial charge is 0.345 e. The highest BCUT2D eigenvalue weighted by Gasteiger charge is 2.48. The molecule has 2 N–H and O–H groups in total. The fraction of sp³-hybridized carbons (Fsp3) is 0.526. The lowest BCUT2D eigenvalue weighted by Gasteiger charge is -2.29. The van der Waals surface area contributed by atoms with Gasteiger partial charge in [0.25, 0.3) is 5.91 Å². The fourth-order valence-corrected chi connectivity index (χ4v) is 3.86. The molecule has 0 spiro atoms. The van der Waals surface area contributed by atoms with Gasteiger partial charge in [0.15, 0.2) is 0 Å². The van der Waals surface area contributed by atoms with Gasteiger partial charge in [-0.2, -0.15) is 5.06 Å². The van der Waals surface area contributed by atoms with Crippen molar-refractivity contribution in [3.63, 3.8) is 0 Å². The molecule has 0 aromatic heterocycles. The first kappa shape index (κ1) is 19.5. The summed E-state index contributed by atoms with van der Waals surface area (Å²) in [6.45, 7) is 2.59. The van der Waals surface area contributed by atoms with Gasteiger partial charge in [-0.25, -0.2) is 15.1 Å². The average Bonchev–Trinajstić information content (AvgIpc) is 3.25. The van der Waals surface area contributed by atoms with E-state index >= 15 is 0 Å². The van der Waals surface area contributed by atoms with Crippen LogP contribution in [0.4, 0.5) is 9.59 Å². The molecule has 0 radical (unpaired) electrons. The van der Waals surface area contributed by atoms with E-state index in [0.29, 0.717) is 45.6 Å². The van der Waals surface area contributed by atoms with E-state index in [2.05, 4.69) is 10.8 Å². The van der Waals surface area contributed by atoms with Crippen molar-refractivity contribution in [2.75, 3.05) is 32.8 Å². The zero-order valence-electron chi connectivity index (χ0n) is 16.1. The van der Waals surface area contributed by atoms with Crippen LogP contribution in [0.5, 0.6) is 0 Å². The Morgan fingerprint density at radius 3 is 2.79 bits per heavy atom. The average molecular weight is 403 g/mol. The molecule has 0 unspecified atom stereocenters. The summed E-state index contributed by atoms with van der Waals surface area (Å²) < 4.78 is 0. The van der Waals surface area contributed by atoms with Gasteiger partial charge in [-0.15, -0.1) is 0 Å². The van der Waals surface area contributed by atoms with Gasteiger partial charge in [0, 0.05) is 26.2 Å². The van der Waals surface area contributed by atoms with Crippen LogP contribution in [0.25, 0.3) is 0 Å². The molecular weight excluding hydrogens is 378 g/mol. The summed E-state index contributed by atoms with van der Waals surface area (Å²) >= 11 is 0. The fourth-order valence-electron chi connectivity index (χ4n) is 3.86. The number of nitrogens with zero attached hydrogens (tertiary/aromatic N) is 3. The molecule has 3 fully saturated rings. The van der Waals surface area contributed by atoms with Crippen LogP contribution in [0.3, 0.4) is 0 Å². The number of amides is 5. The van der Waals surface area contributed by atoms with E-state index in [9.17, 15) is 14.4 Å². The molecule has 156 valence electrons. The molecule has 4 rings (SSSR count). The zero-order chi connectivity index (χ0) is 20.2. The summed E-state index contributed by atoms with van der Waals surface area (Å²) in [5.74, 6) is -0.354. The third-order valence-corrected chi connectivity index (χ3v) is 5.42. The maximum absolute atomic E-state index is 12.7. The lowest BCUT2D eigenvalue weighted by molar-refractivity contribution is -0.141. The second-order valence-corrected chi connectivity index (χ2v) is 7.30. The first-order valence-electron chi connectivity index (χ1n) is 9.84. The summed E-state index contributed by atoms with van der Waals surface area (Å²) in [6.07, 6.45) is 1.23. The number of hydrogen-bond acceptors (Lipinski definition) is 5. The van der Waals surface area contributed by atoms with Crippen molar-refractivity contribution in [1.82, 2.24) is 25.7 Å². The number of carbonyl (C=O) groups is 3. The van der Waals surface area contributed by atoms with Crippen LogP contribution in [0.1, 0.15) is 18.4 Å². The van der Waals surface area contributed by atoms with Crippen molar-refractivity contribution in [1.29, 1.82) is 0 Å². The van der Waals surface area contributed by atoms with Crippen LogP contribution < -0.4 is 10.8 Å². The summed E-state index contributed by atoms with van der Waals surface area (Å²) in [7, 11) is 0. The Kier molecular flexibility index (Phi) is 5.81. The molecule has 1 aromatic rings. The van der Waals surface area contributed by atoms with Crippen molar-refractivity contribution in [3.8, 4) is 0 Å². The number of rotatable bonds is 8. The zero-order valence-corrected chi connectivity index (χ0v) is 16.1. The van der Waals surface area contributed by atoms with Gasteiger partial charge in [-0.05, 0) is 18.4 Å². The van der Waals surface area contributed by atoms with Gasteiger partial charge >= 0.3 is 12.1 Å². The van der Waals surface area contributed by atoms with E-state index in [4.69, 9.17) is 9.68 Å². The maximum Gasteiger partial charge on any atom is 0.345 e. The first-order valence-corrected chi connectivity index (χ1v) is 9.84. The third kappa shape index (κ3) is 4.28. The first-order chi connectivity index (χ1) is 14.1. The maximum atomic E-state index is 12.7. The van der Waals surface area contributed by atoms with Crippen molar-refractivity contribution in [3.05, 3.63) is 35.9 Å². The van der Waals surface area contributed by atoms with Crippen LogP contribution >= 0.6 is 0 Å². The van der Waals surface area contributed by atoms with E-state index in [1.165, 1.54) is 9.96 Å². The van der Waals surface area contributed by atoms with Crippen LogP contribution in [-0.4, -0.2) is 77.7 Å². The number of fused-ring (bicyclic) bond motifs is 2. The summed E-state index contributed by atoms with van der Waals surface area (Å²) in [4.78, 5) is 50.8. The second kappa shape index (κ2) is 8.66. The number of piperidine rings is 1. The Morgan fingerprint density at radius 2 is 2.03 bits per heavy atom. The van der Waals surface area contributed by atoms with E-state index in [-0.39, 0.29) is 30.6 Å². The predicted octanol–water partition coefficient (Wildman–Crippen LogP) is 0.460. The normalized spacial score (nSPS) is 23.5. The topological polar surface area (TPSA) is 103 Å². The molecule has 0 saturated carbocycles. The lowest BCUT2D eigenvalue weighted by Crippen LogP contribution is -2.50. The molecule has 0 aliphatic carbocycles. The van der Waals surface area contributed by atoms with Crippen molar-refractivity contribution >= 4 is 18.0 Å². The molecule has 3 saturated heterocycles. The molecule has 3 aliphatic heterocycles. The van der Waals surface area contributed by atoms with Crippen molar-refractivity contribution < 1.29 is 24.1 Å². The van der Waals surface area contributed by atoms with Crippen LogP contribution in [0.15, 0.2) is 30.3 Å². The number of hydrogen-bond donors (Lipinski definition) is 2. The molecule has 29 heavy (non-hydrogen) atoms. The van der Waals surface area contributed by atoms with E-state index in [1.54, 1.807) is 4.90 Å². The molecule has 3 heterocycles. The number of hydroxylamine groups is 3. The SMILES string of the molecule is O=C(NOCCN1CCNC1=O)[C@@H]1CC[C@@H]2CN1C(=O)N2OCc1ccccc1. The minimum atomic E-state index is -0.584. The van der Waals surface area contributed by atoms with Crippen molar-refractivity contribution in [2.24, 2.45) is 0 Å². The highest BCUT2D eigenvalue weighted by atomic mass is 16.7. The van der Waals surface area contributed by atoms with Gasteiger partial charge in [0.2, 0.25) is 0 Å². The monoisotopic (exact) mass is 403 g/mol. The second-order valence-electron chi connectivity index (χ2n) is 7.30. The quantitative estimate of drug-likeness (QED) is 0.485. The number of urea groups is 2. The van der Waals surface area contributed by atoms with E-state index < -0.39 is 6.04 Å². The summed E-state index contributed by atoms with van der Waals surface area (Å²) in [5, 5.41) is 4.10. The molecule has 2 atom stereocenters. The Balaban J connectivity index is 1.24. The molecule has 2 bridgehead atoms. The van der Waals surface area contributed by atoms with E-state index in [0.717, 1.165) is 5.56 Å². The Hall–Kier alpha value is -2.85. The summed E-state index contributed by atoms with van der Waals surface area (Å²) in [5.41, 5.74) is 3.39. The van der Waals surface area contributed by atoms with E-state index in [1.807, 2.05) is 30.3 Å². The molecule has 3 aliphatic rings. The Morgan fingerprint density at radius 1 is 1.21 bits per heavy atom. The molecule has 5 amide bonds. The molecule has 1 aromatic carbocycles. The number of benzene rings is 1. The van der Waals surface area contributed by atoms with Gasteiger partial charge in [0.05, 0.1) is 12.6 Å². The van der Waals surface area contributed by atoms with Gasteiger partial charge < -0.3 is 15.1 Å². The lowest BCUT2D eigenvalue weighted by atomic mass is 10.0. The van der Waals surface area contributed by atoms with Crippen LogP contribution in [-0.2, 0) is 21.1 Å². The standard InChI is InChI=1S/C19H25N5O5/c25-17(21-28-11-10-22-9-8-20-18(22)26)16-7-6-15-12-23(16)19(27)24(15)29-13-14-4-2-1-3-5-14/h1-5,15-16H,6-13H2,(H,20,26)(H,21,25)/t15-,16+/m1/s1. The minimum absolute atomic E-state index is 0.0511. The molecule has 10 heteroatoms. The smallest absolute Gasteiger partial charge is 0.336 e.